The van der Waals surface area contributed by atoms with Crippen molar-refractivity contribution in [2.75, 3.05) is 31.9 Å². The molecule has 0 saturated heterocycles. The summed E-state index contributed by atoms with van der Waals surface area (Å²) < 4.78 is 28.1. The molecule has 1 unspecified atom stereocenters. The number of sulfone groups is 1. The molecule has 0 fully saturated rings. The first-order valence-electron chi connectivity index (χ1n) is 5.85. The summed E-state index contributed by atoms with van der Waals surface area (Å²) >= 11 is 0. The highest BCUT2D eigenvalue weighted by molar-refractivity contribution is 7.90. The smallest absolute Gasteiger partial charge is 0.310 e. The predicted octanol–water partition coefficient (Wildman–Crippen LogP) is 1.34. The number of carbonyl (C=O) groups is 1. The monoisotopic (exact) mass is 285 g/mol. The van der Waals surface area contributed by atoms with Crippen LogP contribution in [0.25, 0.3) is 0 Å². The third-order valence-corrected chi connectivity index (χ3v) is 3.97. The number of benzene rings is 1. The molecular weight excluding hydrogens is 266 g/mol. The second-order valence-corrected chi connectivity index (χ2v) is 6.53. The number of ether oxygens (including phenoxy) is 1. The fourth-order valence-electron chi connectivity index (χ4n) is 1.87. The van der Waals surface area contributed by atoms with Crippen molar-refractivity contribution in [3.63, 3.8) is 0 Å². The summed E-state index contributed by atoms with van der Waals surface area (Å²) in [6.45, 7) is 2.13. The Balaban J connectivity index is 3.01. The van der Waals surface area contributed by atoms with Crippen LogP contribution >= 0.6 is 0 Å². The normalized spacial score (nSPS) is 12.8. The summed E-state index contributed by atoms with van der Waals surface area (Å²) in [6, 6.07) is 6.73. The molecule has 6 heteroatoms. The fourth-order valence-corrected chi connectivity index (χ4v) is 2.80. The minimum Gasteiger partial charge on any atom is -0.469 e. The maximum absolute atomic E-state index is 11.7. The van der Waals surface area contributed by atoms with E-state index in [1.807, 2.05) is 0 Å². The lowest BCUT2D eigenvalue weighted by atomic mass is 10.1. The number of methoxy groups -OCH3 is 1. The molecular formula is C13H19NO4S. The highest BCUT2D eigenvalue weighted by Gasteiger charge is 2.20. The number of esters is 1. The van der Waals surface area contributed by atoms with Crippen molar-refractivity contribution in [3.8, 4) is 0 Å². The Morgan fingerprint density at radius 1 is 1.37 bits per heavy atom. The summed E-state index contributed by atoms with van der Waals surface area (Å²) in [5.74, 6) is -0.647. The van der Waals surface area contributed by atoms with Crippen LogP contribution in [0.5, 0.6) is 0 Å². The van der Waals surface area contributed by atoms with E-state index in [2.05, 4.69) is 4.74 Å². The molecule has 19 heavy (non-hydrogen) atoms. The minimum atomic E-state index is -3.30. The van der Waals surface area contributed by atoms with Gasteiger partial charge in [-0.3, -0.25) is 4.79 Å². The molecule has 1 atom stereocenters. The molecule has 0 N–H and O–H groups in total. The molecule has 0 aliphatic carbocycles. The third kappa shape index (κ3) is 3.96. The van der Waals surface area contributed by atoms with Crippen LogP contribution in [0.1, 0.15) is 6.92 Å². The van der Waals surface area contributed by atoms with E-state index in [-0.39, 0.29) is 16.8 Å². The molecule has 0 bridgehead atoms. The molecule has 0 aliphatic heterocycles. The van der Waals surface area contributed by atoms with E-state index in [1.54, 1.807) is 43.1 Å². The van der Waals surface area contributed by atoms with E-state index >= 15 is 0 Å². The Morgan fingerprint density at radius 3 is 2.47 bits per heavy atom. The van der Waals surface area contributed by atoms with E-state index in [0.717, 1.165) is 0 Å². The van der Waals surface area contributed by atoms with Crippen LogP contribution in [-0.2, 0) is 19.4 Å². The van der Waals surface area contributed by atoms with E-state index in [4.69, 9.17) is 0 Å². The van der Waals surface area contributed by atoms with Gasteiger partial charge in [0.2, 0.25) is 0 Å². The van der Waals surface area contributed by atoms with E-state index in [0.29, 0.717) is 12.2 Å². The lowest BCUT2D eigenvalue weighted by molar-refractivity contribution is -0.144. The Hall–Kier alpha value is -1.56. The summed E-state index contributed by atoms with van der Waals surface area (Å²) in [6.07, 6.45) is 1.17. The van der Waals surface area contributed by atoms with Crippen molar-refractivity contribution in [2.24, 2.45) is 5.92 Å². The number of nitrogens with zero attached hydrogens (tertiary/aromatic N) is 1. The average Bonchev–Trinajstić information content (AvgIpc) is 2.36. The van der Waals surface area contributed by atoms with Crippen LogP contribution in [0.3, 0.4) is 0 Å². The standard InChI is InChI=1S/C13H19NO4S/c1-10(13(15)18-3)9-14(2)11-7-5-6-8-12(11)19(4,16)17/h5-8,10H,9H2,1-4H3. The van der Waals surface area contributed by atoms with Crippen LogP contribution in [-0.4, -0.2) is 41.3 Å². The minimum absolute atomic E-state index is 0.259. The molecule has 0 radical (unpaired) electrons. The molecule has 0 amide bonds. The van der Waals surface area contributed by atoms with Crippen molar-refractivity contribution >= 4 is 21.5 Å². The second-order valence-electron chi connectivity index (χ2n) is 4.54. The van der Waals surface area contributed by atoms with E-state index < -0.39 is 9.84 Å². The maximum atomic E-state index is 11.7. The Bertz CT molecular complexity index is 554. The van der Waals surface area contributed by atoms with Gasteiger partial charge in [0.25, 0.3) is 0 Å². The Kier molecular flexibility index (Phi) is 4.94. The first-order chi connectivity index (χ1) is 8.77. The second kappa shape index (κ2) is 6.06. The zero-order chi connectivity index (χ0) is 14.6. The predicted molar refractivity (Wildman–Crippen MR) is 74.0 cm³/mol. The number of carbonyl (C=O) groups excluding carboxylic acids is 1. The highest BCUT2D eigenvalue weighted by Crippen LogP contribution is 2.24. The topological polar surface area (TPSA) is 63.7 Å². The zero-order valence-corrected chi connectivity index (χ0v) is 12.4. The molecule has 106 valence electrons. The lowest BCUT2D eigenvalue weighted by Gasteiger charge is -2.24. The van der Waals surface area contributed by atoms with Gasteiger partial charge >= 0.3 is 5.97 Å². The van der Waals surface area contributed by atoms with Gasteiger partial charge in [0, 0.05) is 19.8 Å². The van der Waals surface area contributed by atoms with Crippen molar-refractivity contribution < 1.29 is 17.9 Å². The fraction of sp³-hybridized carbons (Fsp3) is 0.462. The van der Waals surface area contributed by atoms with Crippen LogP contribution in [0.2, 0.25) is 0 Å². The first kappa shape index (κ1) is 15.5. The van der Waals surface area contributed by atoms with Crippen LogP contribution in [0.15, 0.2) is 29.2 Å². The molecule has 0 aliphatic rings. The van der Waals surface area contributed by atoms with Gasteiger partial charge in [-0.2, -0.15) is 0 Å². The van der Waals surface area contributed by atoms with Crippen LogP contribution < -0.4 is 4.90 Å². The number of para-hydroxylation sites is 1. The quantitative estimate of drug-likeness (QED) is 0.764. The van der Waals surface area contributed by atoms with Gasteiger partial charge < -0.3 is 9.64 Å². The average molecular weight is 285 g/mol. The molecule has 0 heterocycles. The van der Waals surface area contributed by atoms with Crippen molar-refractivity contribution in [2.45, 2.75) is 11.8 Å². The van der Waals surface area contributed by atoms with Crippen molar-refractivity contribution in [3.05, 3.63) is 24.3 Å². The number of anilines is 1. The van der Waals surface area contributed by atoms with Gasteiger partial charge in [0.15, 0.2) is 9.84 Å². The van der Waals surface area contributed by atoms with Gasteiger partial charge in [0.1, 0.15) is 0 Å². The van der Waals surface area contributed by atoms with Gasteiger partial charge in [-0.05, 0) is 12.1 Å². The van der Waals surface area contributed by atoms with Crippen LogP contribution in [0.4, 0.5) is 5.69 Å². The van der Waals surface area contributed by atoms with Gasteiger partial charge in [-0.1, -0.05) is 19.1 Å². The molecule has 5 nitrogen and oxygen atoms in total. The SMILES string of the molecule is COC(=O)C(C)CN(C)c1ccccc1S(C)(=O)=O. The molecule has 0 spiro atoms. The lowest BCUT2D eigenvalue weighted by Crippen LogP contribution is -2.30. The number of hydrogen-bond acceptors (Lipinski definition) is 5. The van der Waals surface area contributed by atoms with Crippen LogP contribution in [0, 0.1) is 5.92 Å². The molecule has 0 aromatic heterocycles. The first-order valence-corrected chi connectivity index (χ1v) is 7.74. The molecule has 1 aromatic carbocycles. The molecule has 0 saturated carbocycles. The molecule has 1 aromatic rings. The summed E-state index contributed by atoms with van der Waals surface area (Å²) in [7, 11) is -0.208. The summed E-state index contributed by atoms with van der Waals surface area (Å²) in [4.78, 5) is 13.4. The maximum Gasteiger partial charge on any atom is 0.310 e. The van der Waals surface area contributed by atoms with E-state index in [1.165, 1.54) is 13.4 Å². The van der Waals surface area contributed by atoms with Gasteiger partial charge in [0.05, 0.1) is 23.6 Å². The zero-order valence-electron chi connectivity index (χ0n) is 11.6. The Morgan fingerprint density at radius 2 is 1.95 bits per heavy atom. The van der Waals surface area contributed by atoms with Gasteiger partial charge in [-0.25, -0.2) is 8.42 Å². The van der Waals surface area contributed by atoms with Crippen molar-refractivity contribution in [1.82, 2.24) is 0 Å². The largest absolute Gasteiger partial charge is 0.469 e. The third-order valence-electron chi connectivity index (χ3n) is 2.83. The van der Waals surface area contributed by atoms with Crippen molar-refractivity contribution in [1.29, 1.82) is 0 Å². The number of hydrogen-bond donors (Lipinski definition) is 0. The van der Waals surface area contributed by atoms with E-state index in [9.17, 15) is 13.2 Å². The summed E-state index contributed by atoms with van der Waals surface area (Å²) in [5, 5.41) is 0. The summed E-state index contributed by atoms with van der Waals surface area (Å²) in [5.41, 5.74) is 0.584. The molecule has 1 rings (SSSR count). The highest BCUT2D eigenvalue weighted by atomic mass is 32.2. The number of rotatable bonds is 5. The van der Waals surface area contributed by atoms with Gasteiger partial charge in [-0.15, -0.1) is 0 Å². The Labute approximate surface area is 114 Å².